The fourth-order valence-corrected chi connectivity index (χ4v) is 4.85. The number of hydrogen-bond acceptors (Lipinski definition) is 1. The van der Waals surface area contributed by atoms with E-state index in [2.05, 4.69) is 77.4 Å². The Bertz CT molecular complexity index is 1060. The van der Waals surface area contributed by atoms with E-state index in [1.165, 1.54) is 33.4 Å². The highest BCUT2D eigenvalue weighted by Crippen LogP contribution is 2.48. The second-order valence-corrected chi connectivity index (χ2v) is 7.10. The van der Waals surface area contributed by atoms with Gasteiger partial charge >= 0.3 is 5.91 Å². The normalized spacial score (nSPS) is 22.2. The maximum Gasteiger partial charge on any atom is 0.398 e. The minimum atomic E-state index is 0.116. The SMILES string of the molecule is O=C1C2Cc3ccccc3C2[N+]1=C1c2ccccc2-c2ccccc21. The van der Waals surface area contributed by atoms with E-state index in [9.17, 15) is 4.79 Å². The number of nitrogens with zero attached hydrogens (tertiary/aromatic N) is 1. The van der Waals surface area contributed by atoms with Crippen LogP contribution in [0.15, 0.2) is 72.8 Å². The summed E-state index contributed by atoms with van der Waals surface area (Å²) in [5.41, 5.74) is 8.56. The Balaban J connectivity index is 1.66. The third-order valence-corrected chi connectivity index (χ3v) is 5.92. The zero-order chi connectivity index (χ0) is 16.5. The summed E-state index contributed by atoms with van der Waals surface area (Å²) in [6, 6.07) is 25.6. The van der Waals surface area contributed by atoms with Crippen LogP contribution < -0.4 is 0 Å². The maximum atomic E-state index is 13.0. The second-order valence-electron chi connectivity index (χ2n) is 7.10. The van der Waals surface area contributed by atoms with Gasteiger partial charge in [0.05, 0.1) is 11.1 Å². The number of rotatable bonds is 0. The number of β-lactam (4-membered cyclic amide) rings is 1. The standard InChI is InChI=1S/C23H16NO/c25-23-20-13-14-7-1-2-8-15(14)21(20)24(23)22-18-11-5-3-9-16(18)17-10-4-6-12-19(17)22/h1-12,20-21H,13H2/q+1. The summed E-state index contributed by atoms with van der Waals surface area (Å²) >= 11 is 0. The monoisotopic (exact) mass is 322 g/mol. The van der Waals surface area contributed by atoms with E-state index in [4.69, 9.17) is 0 Å². The van der Waals surface area contributed by atoms with Crippen LogP contribution in [0.4, 0.5) is 0 Å². The van der Waals surface area contributed by atoms with Crippen LogP contribution in [-0.2, 0) is 11.2 Å². The van der Waals surface area contributed by atoms with Crippen molar-refractivity contribution in [3.8, 4) is 11.1 Å². The van der Waals surface area contributed by atoms with Crippen molar-refractivity contribution in [1.29, 1.82) is 0 Å². The van der Waals surface area contributed by atoms with Gasteiger partial charge in [-0.2, -0.15) is 4.58 Å². The van der Waals surface area contributed by atoms with Gasteiger partial charge in [0.15, 0.2) is 5.92 Å². The summed E-state index contributed by atoms with van der Waals surface area (Å²) in [6.45, 7) is 0. The number of benzene rings is 3. The van der Waals surface area contributed by atoms with Crippen LogP contribution in [-0.4, -0.2) is 16.2 Å². The van der Waals surface area contributed by atoms with Crippen molar-refractivity contribution in [1.82, 2.24) is 0 Å². The Morgan fingerprint density at radius 3 is 1.96 bits per heavy atom. The van der Waals surface area contributed by atoms with Gasteiger partial charge in [-0.3, -0.25) is 0 Å². The Morgan fingerprint density at radius 1 is 0.720 bits per heavy atom. The zero-order valence-electron chi connectivity index (χ0n) is 13.6. The summed E-state index contributed by atoms with van der Waals surface area (Å²) in [6.07, 6.45) is 0.882. The molecule has 0 spiro atoms. The molecule has 3 aliphatic rings. The molecule has 6 rings (SSSR count). The van der Waals surface area contributed by atoms with Crippen LogP contribution in [0.1, 0.15) is 28.3 Å². The molecule has 3 aromatic rings. The summed E-state index contributed by atoms with van der Waals surface area (Å²) in [5, 5.41) is 0. The predicted octanol–water partition coefficient (Wildman–Crippen LogP) is 3.97. The molecule has 0 radical (unpaired) electrons. The summed E-state index contributed by atoms with van der Waals surface area (Å²) < 4.78 is 2.06. The molecule has 25 heavy (non-hydrogen) atoms. The van der Waals surface area contributed by atoms with E-state index in [1.54, 1.807) is 0 Å². The lowest BCUT2D eigenvalue weighted by atomic mass is 9.88. The second kappa shape index (κ2) is 4.54. The van der Waals surface area contributed by atoms with E-state index in [1.807, 2.05) is 0 Å². The van der Waals surface area contributed by atoms with E-state index in [-0.39, 0.29) is 17.9 Å². The Kier molecular flexibility index (Phi) is 2.42. The highest BCUT2D eigenvalue weighted by molar-refractivity contribution is 6.23. The number of amides is 1. The molecular weight excluding hydrogens is 306 g/mol. The summed E-state index contributed by atoms with van der Waals surface area (Å²) in [4.78, 5) is 13.0. The van der Waals surface area contributed by atoms with Crippen LogP contribution in [0.2, 0.25) is 0 Å². The van der Waals surface area contributed by atoms with Gasteiger partial charge in [-0.25, -0.2) is 4.79 Å². The first kappa shape index (κ1) is 13.3. The van der Waals surface area contributed by atoms with Gasteiger partial charge in [-0.15, -0.1) is 0 Å². The lowest BCUT2D eigenvalue weighted by Gasteiger charge is -2.26. The molecule has 2 heteroatoms. The first-order chi connectivity index (χ1) is 12.3. The number of fused-ring (bicyclic) bond motifs is 6. The minimum Gasteiger partial charge on any atom is -0.219 e. The quantitative estimate of drug-likeness (QED) is 0.354. The van der Waals surface area contributed by atoms with Crippen molar-refractivity contribution in [2.24, 2.45) is 5.92 Å². The number of carbonyl (C=O) groups is 1. The highest BCUT2D eigenvalue weighted by Gasteiger charge is 2.61. The fourth-order valence-electron chi connectivity index (χ4n) is 4.85. The Hall–Kier alpha value is -3.00. The first-order valence-corrected chi connectivity index (χ1v) is 8.81. The zero-order valence-corrected chi connectivity index (χ0v) is 13.6. The molecule has 0 bridgehead atoms. The fraction of sp³-hybridized carbons (Fsp3) is 0.130. The predicted molar refractivity (Wildman–Crippen MR) is 96.7 cm³/mol. The molecule has 1 amide bonds. The lowest BCUT2D eigenvalue weighted by molar-refractivity contribution is -0.551. The molecule has 3 aromatic carbocycles. The number of hydrogen-bond donors (Lipinski definition) is 0. The molecular formula is C23H16NO+. The van der Waals surface area contributed by atoms with Crippen LogP contribution in [0.25, 0.3) is 11.1 Å². The van der Waals surface area contributed by atoms with E-state index >= 15 is 0 Å². The Labute approximate surface area is 146 Å². The van der Waals surface area contributed by atoms with Gasteiger partial charge < -0.3 is 0 Å². The molecule has 0 N–H and O–H groups in total. The molecule has 1 aliphatic heterocycles. The lowest BCUT2D eigenvalue weighted by Crippen LogP contribution is -2.49. The van der Waals surface area contributed by atoms with E-state index in [0.717, 1.165) is 12.1 Å². The van der Waals surface area contributed by atoms with Crippen molar-refractivity contribution < 1.29 is 9.37 Å². The smallest absolute Gasteiger partial charge is 0.219 e. The van der Waals surface area contributed by atoms with E-state index < -0.39 is 0 Å². The largest absolute Gasteiger partial charge is 0.398 e. The molecule has 118 valence electrons. The molecule has 1 fully saturated rings. The molecule has 1 saturated heterocycles. The maximum absolute atomic E-state index is 13.0. The molecule has 2 atom stereocenters. The molecule has 1 heterocycles. The molecule has 2 unspecified atom stereocenters. The summed E-state index contributed by atoms with van der Waals surface area (Å²) in [7, 11) is 0. The first-order valence-electron chi connectivity index (χ1n) is 8.81. The average Bonchev–Trinajstić information content (AvgIpc) is 3.17. The van der Waals surface area contributed by atoms with Gasteiger partial charge in [0, 0.05) is 5.56 Å². The van der Waals surface area contributed by atoms with Crippen molar-refractivity contribution in [2.45, 2.75) is 12.5 Å². The molecule has 0 saturated carbocycles. The van der Waals surface area contributed by atoms with Gasteiger partial charge in [-0.05, 0) is 35.2 Å². The minimum absolute atomic E-state index is 0.116. The van der Waals surface area contributed by atoms with Gasteiger partial charge in [0.25, 0.3) is 0 Å². The van der Waals surface area contributed by atoms with Crippen LogP contribution >= 0.6 is 0 Å². The van der Waals surface area contributed by atoms with Gasteiger partial charge in [0.2, 0.25) is 11.8 Å². The third-order valence-electron chi connectivity index (χ3n) is 5.92. The van der Waals surface area contributed by atoms with E-state index in [0.29, 0.717) is 0 Å². The van der Waals surface area contributed by atoms with Crippen molar-refractivity contribution in [2.75, 3.05) is 0 Å². The molecule has 2 aliphatic carbocycles. The van der Waals surface area contributed by atoms with Crippen molar-refractivity contribution in [3.05, 3.63) is 95.1 Å². The number of carbonyl (C=O) groups excluding carboxylic acids is 1. The molecule has 0 aromatic heterocycles. The third kappa shape index (κ3) is 1.55. The Morgan fingerprint density at radius 2 is 1.28 bits per heavy atom. The van der Waals surface area contributed by atoms with Crippen LogP contribution in [0.3, 0.4) is 0 Å². The van der Waals surface area contributed by atoms with Gasteiger partial charge in [-0.1, -0.05) is 60.7 Å². The van der Waals surface area contributed by atoms with Gasteiger partial charge in [0.1, 0.15) is 0 Å². The topological polar surface area (TPSA) is 20.1 Å². The van der Waals surface area contributed by atoms with Crippen LogP contribution in [0.5, 0.6) is 0 Å². The van der Waals surface area contributed by atoms with Crippen molar-refractivity contribution >= 4 is 11.6 Å². The summed E-state index contributed by atoms with van der Waals surface area (Å²) in [5.74, 6) is 0.382. The average molecular weight is 322 g/mol. The van der Waals surface area contributed by atoms with Crippen LogP contribution in [0, 0.1) is 5.92 Å². The highest BCUT2D eigenvalue weighted by atomic mass is 16.2. The van der Waals surface area contributed by atoms with Crippen molar-refractivity contribution in [3.63, 3.8) is 0 Å². The molecule has 2 nitrogen and oxygen atoms in total.